The molecule has 0 aliphatic carbocycles. The fourth-order valence-corrected chi connectivity index (χ4v) is 5.25. The Hall–Kier alpha value is -4.28. The van der Waals surface area contributed by atoms with Gasteiger partial charge in [-0.25, -0.2) is 18.6 Å². The second-order valence-corrected chi connectivity index (χ2v) is 10.9. The van der Waals surface area contributed by atoms with Crippen LogP contribution < -0.4 is 10.6 Å². The second kappa shape index (κ2) is 12.5. The number of fused-ring (bicyclic) bond motifs is 1. The average molecular weight is 568 g/mol. The first-order chi connectivity index (χ1) is 19.4. The first-order valence-corrected chi connectivity index (χ1v) is 13.6. The molecule has 2 heterocycles. The van der Waals surface area contributed by atoms with Gasteiger partial charge in [-0.15, -0.1) is 0 Å². The van der Waals surface area contributed by atoms with Crippen LogP contribution in [0.5, 0.6) is 0 Å². The summed E-state index contributed by atoms with van der Waals surface area (Å²) in [6.45, 7) is 8.69. The average Bonchev–Trinajstić information content (AvgIpc) is 3.37. The first kappa shape index (κ1) is 29.7. The van der Waals surface area contributed by atoms with Crippen molar-refractivity contribution in [1.82, 2.24) is 25.1 Å². The molecule has 41 heavy (non-hydrogen) atoms. The second-order valence-electron chi connectivity index (χ2n) is 10.9. The summed E-state index contributed by atoms with van der Waals surface area (Å²) in [4.78, 5) is 44.2. The zero-order valence-corrected chi connectivity index (χ0v) is 23.6. The van der Waals surface area contributed by atoms with Gasteiger partial charge in [0.1, 0.15) is 11.9 Å². The van der Waals surface area contributed by atoms with Crippen LogP contribution in [-0.4, -0.2) is 50.1 Å². The normalized spacial score (nSPS) is 14.4. The number of aryl methyl sites for hydroxylation is 2. The Balaban J connectivity index is 1.61. The molecule has 11 heteroatoms. The van der Waals surface area contributed by atoms with Gasteiger partial charge in [-0.1, -0.05) is 32.0 Å². The zero-order valence-electron chi connectivity index (χ0n) is 23.6. The van der Waals surface area contributed by atoms with Crippen LogP contribution in [0.15, 0.2) is 42.7 Å². The van der Waals surface area contributed by atoms with E-state index >= 15 is 4.39 Å². The number of urea groups is 1. The van der Waals surface area contributed by atoms with Crippen molar-refractivity contribution in [3.8, 4) is 11.1 Å². The van der Waals surface area contributed by atoms with E-state index in [-0.39, 0.29) is 24.4 Å². The van der Waals surface area contributed by atoms with Gasteiger partial charge in [-0.2, -0.15) is 0 Å². The van der Waals surface area contributed by atoms with Crippen LogP contribution in [-0.2, 0) is 22.7 Å². The van der Waals surface area contributed by atoms with Crippen molar-refractivity contribution in [2.75, 3.05) is 6.54 Å². The van der Waals surface area contributed by atoms with E-state index in [0.29, 0.717) is 24.2 Å². The minimum Gasteiger partial charge on any atom is -0.481 e. The summed E-state index contributed by atoms with van der Waals surface area (Å²) >= 11 is 0. The lowest BCUT2D eigenvalue weighted by Crippen LogP contribution is -2.53. The lowest BCUT2D eigenvalue weighted by molar-refractivity contribution is -0.137. The Labute approximate surface area is 237 Å². The summed E-state index contributed by atoms with van der Waals surface area (Å²) < 4.78 is 32.1. The molecule has 2 aromatic carbocycles. The molecule has 0 spiro atoms. The van der Waals surface area contributed by atoms with Crippen molar-refractivity contribution < 1.29 is 28.3 Å². The Morgan fingerprint density at radius 2 is 1.78 bits per heavy atom. The maximum absolute atomic E-state index is 15.2. The quantitative estimate of drug-likeness (QED) is 0.346. The lowest BCUT2D eigenvalue weighted by atomic mass is 9.92. The molecule has 9 nitrogen and oxygen atoms in total. The summed E-state index contributed by atoms with van der Waals surface area (Å²) in [6, 6.07) is 5.10. The third-order valence-electron chi connectivity index (χ3n) is 7.25. The first-order valence-electron chi connectivity index (χ1n) is 13.6. The van der Waals surface area contributed by atoms with Crippen molar-refractivity contribution in [1.29, 1.82) is 0 Å². The van der Waals surface area contributed by atoms with E-state index in [4.69, 9.17) is 0 Å². The number of carboxylic acid groups (broad SMARTS) is 1. The number of aromatic nitrogens is 2. The van der Waals surface area contributed by atoms with E-state index in [1.54, 1.807) is 11.1 Å². The minimum absolute atomic E-state index is 0.00855. The van der Waals surface area contributed by atoms with Gasteiger partial charge in [0, 0.05) is 31.0 Å². The van der Waals surface area contributed by atoms with Crippen LogP contribution in [0.3, 0.4) is 0 Å². The molecule has 0 radical (unpaired) electrons. The van der Waals surface area contributed by atoms with Gasteiger partial charge in [0.15, 0.2) is 11.6 Å². The minimum atomic E-state index is -1.38. The SMILES string of the molecule is Cc1cccc(C)c1-c1cc(F)c(F)c([C@H](CC(=O)O)NC(=O)[C@H](CC(C)C)NC(=O)N2CCn3ccnc3C2)c1. The van der Waals surface area contributed by atoms with E-state index in [1.165, 1.54) is 6.07 Å². The smallest absolute Gasteiger partial charge is 0.318 e. The van der Waals surface area contributed by atoms with Crippen molar-refractivity contribution in [2.45, 2.75) is 65.7 Å². The van der Waals surface area contributed by atoms with Crippen LogP contribution in [0.4, 0.5) is 13.6 Å². The molecule has 3 aromatic rings. The highest BCUT2D eigenvalue weighted by molar-refractivity contribution is 5.88. The fraction of sp³-hybridized carbons (Fsp3) is 0.400. The number of carbonyl (C=O) groups is 3. The number of benzene rings is 2. The molecule has 0 saturated carbocycles. The number of nitrogens with zero attached hydrogens (tertiary/aromatic N) is 3. The number of carboxylic acids is 1. The number of aliphatic carboxylic acids is 1. The third kappa shape index (κ3) is 6.90. The van der Waals surface area contributed by atoms with E-state index < -0.39 is 48.0 Å². The fourth-order valence-electron chi connectivity index (χ4n) is 5.25. The molecule has 4 rings (SSSR count). The summed E-state index contributed by atoms with van der Waals surface area (Å²) in [5.74, 6) is -3.67. The van der Waals surface area contributed by atoms with E-state index in [1.807, 2.05) is 56.7 Å². The van der Waals surface area contributed by atoms with E-state index in [0.717, 1.165) is 23.0 Å². The predicted molar refractivity (Wildman–Crippen MR) is 149 cm³/mol. The van der Waals surface area contributed by atoms with Crippen molar-refractivity contribution in [3.05, 3.63) is 76.9 Å². The topological polar surface area (TPSA) is 117 Å². The summed E-state index contributed by atoms with van der Waals surface area (Å²) in [6.07, 6.45) is 3.06. The van der Waals surface area contributed by atoms with Gasteiger partial charge in [0.25, 0.3) is 0 Å². The highest BCUT2D eigenvalue weighted by Crippen LogP contribution is 2.33. The van der Waals surface area contributed by atoms with Gasteiger partial charge in [0.2, 0.25) is 5.91 Å². The standard InChI is InChI=1S/C30H35F2N5O4/c1-17(2)12-24(35-30(41)37-11-10-36-9-8-33-25(36)16-37)29(40)34-23(15-26(38)39)21-13-20(14-22(31)28(21)32)27-18(3)6-5-7-19(27)4/h5-9,13-14,17,23-24H,10-12,15-16H2,1-4H3,(H,34,40)(H,35,41)(H,38,39)/t23-,24-/m0/s1. The molecular formula is C30H35F2N5O4. The van der Waals surface area contributed by atoms with E-state index in [2.05, 4.69) is 15.6 Å². The van der Waals surface area contributed by atoms with Crippen molar-refractivity contribution in [2.24, 2.45) is 5.92 Å². The van der Waals surface area contributed by atoms with E-state index in [9.17, 15) is 23.9 Å². The van der Waals surface area contributed by atoms with Gasteiger partial charge >= 0.3 is 12.0 Å². The van der Waals surface area contributed by atoms with Crippen molar-refractivity contribution in [3.63, 3.8) is 0 Å². The Kier molecular flexibility index (Phi) is 9.05. The maximum atomic E-state index is 15.2. The largest absolute Gasteiger partial charge is 0.481 e. The van der Waals surface area contributed by atoms with Gasteiger partial charge in [-0.3, -0.25) is 9.59 Å². The van der Waals surface area contributed by atoms with Crippen molar-refractivity contribution >= 4 is 17.9 Å². The number of rotatable bonds is 9. The summed E-state index contributed by atoms with van der Waals surface area (Å²) in [5.41, 5.74) is 2.45. The molecule has 0 saturated heterocycles. The Morgan fingerprint density at radius 3 is 2.44 bits per heavy atom. The van der Waals surface area contributed by atoms with Crippen LogP contribution in [0, 0.1) is 31.4 Å². The number of hydrogen-bond acceptors (Lipinski definition) is 4. The molecule has 1 aliphatic heterocycles. The predicted octanol–water partition coefficient (Wildman–Crippen LogP) is 4.72. The van der Waals surface area contributed by atoms with Crippen LogP contribution in [0.25, 0.3) is 11.1 Å². The molecule has 218 valence electrons. The molecule has 0 unspecified atom stereocenters. The monoisotopic (exact) mass is 567 g/mol. The molecule has 1 aliphatic rings. The van der Waals surface area contributed by atoms with Crippen LogP contribution >= 0.6 is 0 Å². The number of hydrogen-bond donors (Lipinski definition) is 3. The molecular weight excluding hydrogens is 532 g/mol. The maximum Gasteiger partial charge on any atom is 0.318 e. The number of halogens is 2. The zero-order chi connectivity index (χ0) is 29.8. The Morgan fingerprint density at radius 1 is 1.07 bits per heavy atom. The lowest BCUT2D eigenvalue weighted by Gasteiger charge is -2.30. The highest BCUT2D eigenvalue weighted by atomic mass is 19.2. The van der Waals surface area contributed by atoms with Crippen LogP contribution in [0.1, 0.15) is 55.2 Å². The number of nitrogens with one attached hydrogen (secondary N) is 2. The van der Waals surface area contributed by atoms with Gasteiger partial charge in [-0.05, 0) is 60.6 Å². The highest BCUT2D eigenvalue weighted by Gasteiger charge is 2.31. The summed E-state index contributed by atoms with van der Waals surface area (Å²) in [7, 11) is 0. The molecule has 1 aromatic heterocycles. The molecule has 2 atom stereocenters. The molecule has 3 amide bonds. The molecule has 3 N–H and O–H groups in total. The number of carbonyl (C=O) groups excluding carboxylic acids is 2. The molecule has 0 bridgehead atoms. The third-order valence-corrected chi connectivity index (χ3v) is 7.25. The number of amides is 3. The van der Waals surface area contributed by atoms with Gasteiger partial charge in [0.05, 0.1) is 19.0 Å². The molecule has 0 fully saturated rings. The Bertz CT molecular complexity index is 1430. The van der Waals surface area contributed by atoms with Gasteiger partial charge < -0.3 is 25.2 Å². The van der Waals surface area contributed by atoms with Crippen LogP contribution in [0.2, 0.25) is 0 Å². The summed E-state index contributed by atoms with van der Waals surface area (Å²) in [5, 5.41) is 14.9. The number of imidazole rings is 1.